The molecule has 6 nitrogen and oxygen atoms in total. The van der Waals surface area contributed by atoms with E-state index in [1.165, 1.54) is 0 Å². The molecule has 0 bridgehead atoms. The fourth-order valence-electron chi connectivity index (χ4n) is 2.67. The van der Waals surface area contributed by atoms with Crippen LogP contribution in [-0.2, 0) is 6.54 Å². The molecule has 0 aromatic carbocycles. The number of aromatic nitrogens is 2. The van der Waals surface area contributed by atoms with Gasteiger partial charge in [0.25, 0.3) is 5.91 Å². The molecule has 1 amide bonds. The predicted molar refractivity (Wildman–Crippen MR) is 81.8 cm³/mol. The van der Waals surface area contributed by atoms with Crippen LogP contribution in [0.5, 0.6) is 0 Å². The van der Waals surface area contributed by atoms with Crippen molar-refractivity contribution < 1.29 is 9.90 Å². The lowest BCUT2D eigenvalue weighted by atomic mass is 9.71. The van der Waals surface area contributed by atoms with Crippen LogP contribution in [0.3, 0.4) is 0 Å². The fourth-order valence-corrected chi connectivity index (χ4v) is 2.67. The second-order valence-electron chi connectivity index (χ2n) is 6.86. The van der Waals surface area contributed by atoms with Gasteiger partial charge in [0.2, 0.25) is 0 Å². The molecule has 118 valence electrons. The first kappa shape index (κ1) is 15.8. The standard InChI is InChI=1S/C15H26N4O2/c1-4-19-9-11(16)12(18-19)13(20)17-10-15(21)7-5-14(2,3)6-8-15/h9,21H,4-8,10,16H2,1-3H3,(H,17,20). The van der Waals surface area contributed by atoms with Gasteiger partial charge < -0.3 is 16.2 Å². The summed E-state index contributed by atoms with van der Waals surface area (Å²) in [4.78, 5) is 12.1. The molecule has 21 heavy (non-hydrogen) atoms. The number of nitrogens with two attached hydrogens (primary N) is 1. The third kappa shape index (κ3) is 3.75. The fraction of sp³-hybridized carbons (Fsp3) is 0.733. The number of aryl methyl sites for hydroxylation is 1. The molecule has 1 aliphatic carbocycles. The van der Waals surface area contributed by atoms with Gasteiger partial charge in [0.1, 0.15) is 0 Å². The van der Waals surface area contributed by atoms with E-state index < -0.39 is 5.60 Å². The minimum absolute atomic E-state index is 0.233. The maximum Gasteiger partial charge on any atom is 0.274 e. The van der Waals surface area contributed by atoms with Gasteiger partial charge in [-0.25, -0.2) is 0 Å². The Morgan fingerprint density at radius 2 is 2.05 bits per heavy atom. The van der Waals surface area contributed by atoms with Crippen LogP contribution < -0.4 is 11.1 Å². The van der Waals surface area contributed by atoms with Crippen molar-refractivity contribution in [1.82, 2.24) is 15.1 Å². The van der Waals surface area contributed by atoms with Gasteiger partial charge in [0, 0.05) is 19.3 Å². The SMILES string of the molecule is CCn1cc(N)c(C(=O)NCC2(O)CCC(C)(C)CC2)n1. The van der Waals surface area contributed by atoms with Crippen LogP contribution >= 0.6 is 0 Å². The second-order valence-corrected chi connectivity index (χ2v) is 6.86. The number of amides is 1. The maximum atomic E-state index is 12.1. The van der Waals surface area contributed by atoms with E-state index in [9.17, 15) is 9.90 Å². The number of anilines is 1. The lowest BCUT2D eigenvalue weighted by molar-refractivity contribution is -0.0233. The summed E-state index contributed by atoms with van der Waals surface area (Å²) in [6, 6.07) is 0. The van der Waals surface area contributed by atoms with E-state index in [0.717, 1.165) is 12.8 Å². The van der Waals surface area contributed by atoms with Crippen LogP contribution in [-0.4, -0.2) is 32.9 Å². The van der Waals surface area contributed by atoms with Crippen molar-refractivity contribution in [2.24, 2.45) is 5.41 Å². The van der Waals surface area contributed by atoms with Gasteiger partial charge in [-0.3, -0.25) is 9.48 Å². The third-order valence-corrected chi connectivity index (χ3v) is 4.44. The molecule has 1 aliphatic rings. The van der Waals surface area contributed by atoms with Crippen molar-refractivity contribution in [3.05, 3.63) is 11.9 Å². The highest BCUT2D eigenvalue weighted by Gasteiger charge is 2.37. The van der Waals surface area contributed by atoms with Gasteiger partial charge in [0.05, 0.1) is 11.3 Å². The van der Waals surface area contributed by atoms with E-state index in [4.69, 9.17) is 5.73 Å². The first-order valence-corrected chi connectivity index (χ1v) is 7.58. The van der Waals surface area contributed by atoms with Crippen LogP contribution in [0.4, 0.5) is 5.69 Å². The normalized spacial score (nSPS) is 20.2. The molecule has 0 spiro atoms. The smallest absolute Gasteiger partial charge is 0.274 e. The summed E-state index contributed by atoms with van der Waals surface area (Å²) in [6.45, 7) is 7.27. The minimum atomic E-state index is -0.812. The van der Waals surface area contributed by atoms with Gasteiger partial charge in [0.15, 0.2) is 5.69 Å². The molecule has 1 aromatic rings. The van der Waals surface area contributed by atoms with E-state index in [1.54, 1.807) is 10.9 Å². The topological polar surface area (TPSA) is 93.2 Å². The van der Waals surface area contributed by atoms with E-state index in [2.05, 4.69) is 24.3 Å². The van der Waals surface area contributed by atoms with E-state index >= 15 is 0 Å². The molecule has 1 saturated carbocycles. The largest absolute Gasteiger partial charge is 0.396 e. The lowest BCUT2D eigenvalue weighted by Crippen LogP contribution is -2.46. The average Bonchev–Trinajstić information content (AvgIpc) is 2.82. The Balaban J connectivity index is 1.93. The van der Waals surface area contributed by atoms with E-state index in [1.807, 2.05) is 6.92 Å². The average molecular weight is 294 g/mol. The van der Waals surface area contributed by atoms with Crippen molar-refractivity contribution in [2.45, 2.75) is 58.6 Å². The molecule has 0 radical (unpaired) electrons. The van der Waals surface area contributed by atoms with Crippen molar-refractivity contribution in [3.8, 4) is 0 Å². The predicted octanol–water partition coefficient (Wildman–Crippen LogP) is 1.55. The van der Waals surface area contributed by atoms with Gasteiger partial charge in [-0.2, -0.15) is 5.10 Å². The number of hydrogen-bond donors (Lipinski definition) is 3. The number of nitrogens with one attached hydrogen (secondary N) is 1. The zero-order valence-electron chi connectivity index (χ0n) is 13.1. The monoisotopic (exact) mass is 294 g/mol. The zero-order chi connectivity index (χ0) is 15.7. The first-order chi connectivity index (χ1) is 9.75. The van der Waals surface area contributed by atoms with Crippen molar-refractivity contribution >= 4 is 11.6 Å². The van der Waals surface area contributed by atoms with Gasteiger partial charge in [-0.05, 0) is 38.0 Å². The number of hydrogen-bond acceptors (Lipinski definition) is 4. The van der Waals surface area contributed by atoms with E-state index in [0.29, 0.717) is 25.1 Å². The summed E-state index contributed by atoms with van der Waals surface area (Å²) < 4.78 is 1.63. The highest BCUT2D eigenvalue weighted by Crippen LogP contribution is 2.39. The summed E-state index contributed by atoms with van der Waals surface area (Å²) >= 11 is 0. The Labute approximate surface area is 125 Å². The number of rotatable bonds is 4. The zero-order valence-corrected chi connectivity index (χ0v) is 13.1. The molecule has 0 saturated heterocycles. The van der Waals surface area contributed by atoms with Crippen molar-refractivity contribution in [2.75, 3.05) is 12.3 Å². The molecular weight excluding hydrogens is 268 g/mol. The summed E-state index contributed by atoms with van der Waals surface area (Å²) in [5, 5.41) is 17.5. The Morgan fingerprint density at radius 1 is 1.43 bits per heavy atom. The summed E-state index contributed by atoms with van der Waals surface area (Å²) in [5.74, 6) is -0.321. The summed E-state index contributed by atoms with van der Waals surface area (Å²) in [7, 11) is 0. The highest BCUT2D eigenvalue weighted by atomic mass is 16.3. The number of aliphatic hydroxyl groups is 1. The number of carbonyl (C=O) groups excluding carboxylic acids is 1. The third-order valence-electron chi connectivity index (χ3n) is 4.44. The molecule has 0 atom stereocenters. The molecule has 0 aliphatic heterocycles. The number of nitrogen functional groups attached to an aromatic ring is 1. The highest BCUT2D eigenvalue weighted by molar-refractivity contribution is 5.97. The van der Waals surface area contributed by atoms with Crippen LogP contribution in [0.2, 0.25) is 0 Å². The number of nitrogens with zero attached hydrogens (tertiary/aromatic N) is 2. The van der Waals surface area contributed by atoms with Crippen LogP contribution in [0.15, 0.2) is 6.20 Å². The lowest BCUT2D eigenvalue weighted by Gasteiger charge is -2.40. The van der Waals surface area contributed by atoms with E-state index in [-0.39, 0.29) is 23.6 Å². The Morgan fingerprint density at radius 3 is 2.57 bits per heavy atom. The Bertz CT molecular complexity index is 512. The van der Waals surface area contributed by atoms with Crippen LogP contribution in [0.1, 0.15) is 56.9 Å². The maximum absolute atomic E-state index is 12.1. The molecule has 1 aromatic heterocycles. The van der Waals surface area contributed by atoms with Gasteiger partial charge >= 0.3 is 0 Å². The number of carbonyl (C=O) groups is 1. The second kappa shape index (κ2) is 5.67. The first-order valence-electron chi connectivity index (χ1n) is 7.58. The van der Waals surface area contributed by atoms with Crippen LogP contribution in [0.25, 0.3) is 0 Å². The van der Waals surface area contributed by atoms with Gasteiger partial charge in [-0.1, -0.05) is 13.8 Å². The molecule has 1 heterocycles. The minimum Gasteiger partial charge on any atom is -0.396 e. The molecule has 4 N–H and O–H groups in total. The molecule has 0 unspecified atom stereocenters. The molecule has 6 heteroatoms. The van der Waals surface area contributed by atoms with Crippen molar-refractivity contribution in [1.29, 1.82) is 0 Å². The van der Waals surface area contributed by atoms with Crippen LogP contribution in [0, 0.1) is 5.41 Å². The molecule has 1 fully saturated rings. The van der Waals surface area contributed by atoms with Gasteiger partial charge in [-0.15, -0.1) is 0 Å². The molecular formula is C15H26N4O2. The molecule has 2 rings (SSSR count). The summed E-state index contributed by atoms with van der Waals surface area (Å²) in [6.07, 6.45) is 4.99. The Hall–Kier alpha value is -1.56. The quantitative estimate of drug-likeness (QED) is 0.785. The Kier molecular flexibility index (Phi) is 4.27. The summed E-state index contributed by atoms with van der Waals surface area (Å²) in [5.41, 5.74) is 5.85. The van der Waals surface area contributed by atoms with Crippen molar-refractivity contribution in [3.63, 3.8) is 0 Å².